The molecule has 0 N–H and O–H groups in total. The van der Waals surface area contributed by atoms with Crippen molar-refractivity contribution in [3.05, 3.63) is 42.0 Å². The van der Waals surface area contributed by atoms with Gasteiger partial charge in [-0.05, 0) is 22.4 Å². The minimum absolute atomic E-state index is 0.192. The monoisotopic (exact) mass is 214 g/mol. The molecule has 1 nitrogen and oxygen atoms in total. The highest BCUT2D eigenvalue weighted by Crippen LogP contribution is 2.30. The predicted octanol–water partition coefficient (Wildman–Crippen LogP) is 4.15. The number of rotatable bonds is 1. The Morgan fingerprint density at radius 2 is 1.75 bits per heavy atom. The molecule has 16 heavy (non-hydrogen) atoms. The minimum Gasteiger partial charge on any atom is -0.496 e. The van der Waals surface area contributed by atoms with Crippen molar-refractivity contribution in [1.29, 1.82) is 0 Å². The molecule has 0 fully saturated rings. The van der Waals surface area contributed by atoms with Crippen LogP contribution < -0.4 is 4.74 Å². The van der Waals surface area contributed by atoms with E-state index in [1.807, 2.05) is 12.1 Å². The Kier molecular flexibility index (Phi) is 2.63. The molecular weight excluding hydrogens is 196 g/mol. The molecule has 2 rings (SSSR count). The Hall–Kier alpha value is -1.50. The second-order valence-corrected chi connectivity index (χ2v) is 5.15. The van der Waals surface area contributed by atoms with E-state index < -0.39 is 0 Å². The van der Waals surface area contributed by atoms with Gasteiger partial charge in [0.2, 0.25) is 0 Å². The smallest absolute Gasteiger partial charge is 0.126 e. The molecular formula is C15H18O. The van der Waals surface area contributed by atoms with Gasteiger partial charge in [0.15, 0.2) is 0 Å². The van der Waals surface area contributed by atoms with Crippen LogP contribution in [-0.4, -0.2) is 7.11 Å². The van der Waals surface area contributed by atoms with E-state index in [0.717, 1.165) is 5.75 Å². The predicted molar refractivity (Wildman–Crippen MR) is 69.2 cm³/mol. The maximum atomic E-state index is 5.35. The third-order valence-corrected chi connectivity index (χ3v) is 2.93. The van der Waals surface area contributed by atoms with E-state index in [1.165, 1.54) is 16.3 Å². The summed E-state index contributed by atoms with van der Waals surface area (Å²) < 4.78 is 5.35. The van der Waals surface area contributed by atoms with E-state index in [2.05, 4.69) is 45.0 Å². The molecule has 84 valence electrons. The van der Waals surface area contributed by atoms with E-state index in [4.69, 9.17) is 4.74 Å². The Morgan fingerprint density at radius 3 is 2.38 bits per heavy atom. The van der Waals surface area contributed by atoms with Crippen LogP contribution in [0.1, 0.15) is 26.3 Å². The summed E-state index contributed by atoms with van der Waals surface area (Å²) in [7, 11) is 1.71. The van der Waals surface area contributed by atoms with Crippen LogP contribution in [0.3, 0.4) is 0 Å². The van der Waals surface area contributed by atoms with E-state index in [-0.39, 0.29) is 5.41 Å². The number of hydrogen-bond donors (Lipinski definition) is 0. The summed E-state index contributed by atoms with van der Waals surface area (Å²) in [6.45, 7) is 6.69. The fourth-order valence-corrected chi connectivity index (χ4v) is 1.90. The standard InChI is InChI=1S/C15H18O/c1-15(2,3)12-8-9-13-11(10-12)6-5-7-14(13)16-4/h5-10H,1-4H3. The molecule has 0 spiro atoms. The highest BCUT2D eigenvalue weighted by atomic mass is 16.5. The van der Waals surface area contributed by atoms with Gasteiger partial charge in [0.1, 0.15) is 5.75 Å². The molecule has 0 saturated carbocycles. The Bertz CT molecular complexity index is 506. The van der Waals surface area contributed by atoms with Crippen molar-refractivity contribution < 1.29 is 4.74 Å². The quantitative estimate of drug-likeness (QED) is 0.693. The van der Waals surface area contributed by atoms with Gasteiger partial charge in [-0.15, -0.1) is 0 Å². The maximum Gasteiger partial charge on any atom is 0.126 e. The van der Waals surface area contributed by atoms with E-state index in [9.17, 15) is 0 Å². The lowest BCUT2D eigenvalue weighted by molar-refractivity contribution is 0.420. The normalized spacial score (nSPS) is 11.8. The van der Waals surface area contributed by atoms with Gasteiger partial charge in [-0.25, -0.2) is 0 Å². The van der Waals surface area contributed by atoms with Gasteiger partial charge in [-0.1, -0.05) is 51.1 Å². The van der Waals surface area contributed by atoms with Crippen LogP contribution in [0.15, 0.2) is 36.4 Å². The first-order valence-corrected chi connectivity index (χ1v) is 5.59. The second-order valence-electron chi connectivity index (χ2n) is 5.15. The van der Waals surface area contributed by atoms with E-state index >= 15 is 0 Å². The first kappa shape index (κ1) is 11.0. The van der Waals surface area contributed by atoms with Crippen LogP contribution in [-0.2, 0) is 5.41 Å². The second kappa shape index (κ2) is 3.82. The zero-order valence-corrected chi connectivity index (χ0v) is 10.4. The molecule has 0 heterocycles. The van der Waals surface area contributed by atoms with Crippen LogP contribution in [0, 0.1) is 0 Å². The summed E-state index contributed by atoms with van der Waals surface area (Å²) in [6, 6.07) is 12.7. The molecule has 2 aromatic carbocycles. The zero-order valence-electron chi connectivity index (χ0n) is 10.4. The van der Waals surface area contributed by atoms with Gasteiger partial charge in [0.05, 0.1) is 7.11 Å². The molecule has 0 saturated heterocycles. The third-order valence-electron chi connectivity index (χ3n) is 2.93. The average molecular weight is 214 g/mol. The van der Waals surface area contributed by atoms with Crippen molar-refractivity contribution in [2.24, 2.45) is 0 Å². The molecule has 1 heteroatoms. The molecule has 0 amide bonds. The molecule has 0 aliphatic rings. The first-order valence-electron chi connectivity index (χ1n) is 5.59. The summed E-state index contributed by atoms with van der Waals surface area (Å²) in [5, 5.41) is 2.42. The molecule has 0 atom stereocenters. The molecule has 0 unspecified atom stereocenters. The van der Waals surface area contributed by atoms with Crippen LogP contribution in [0.25, 0.3) is 10.8 Å². The lowest BCUT2D eigenvalue weighted by Crippen LogP contribution is -2.10. The van der Waals surface area contributed by atoms with Crippen LogP contribution in [0.5, 0.6) is 5.75 Å². The third kappa shape index (κ3) is 1.90. The molecule has 0 radical (unpaired) electrons. The fraction of sp³-hybridized carbons (Fsp3) is 0.333. The molecule has 0 aliphatic heterocycles. The fourth-order valence-electron chi connectivity index (χ4n) is 1.90. The van der Waals surface area contributed by atoms with Crippen molar-refractivity contribution >= 4 is 10.8 Å². The molecule has 0 bridgehead atoms. The van der Waals surface area contributed by atoms with Crippen molar-refractivity contribution in [3.8, 4) is 5.75 Å². The van der Waals surface area contributed by atoms with Gasteiger partial charge in [0.25, 0.3) is 0 Å². The number of hydrogen-bond acceptors (Lipinski definition) is 1. The highest BCUT2D eigenvalue weighted by Gasteiger charge is 2.14. The highest BCUT2D eigenvalue weighted by molar-refractivity contribution is 5.89. The summed E-state index contributed by atoms with van der Waals surface area (Å²) in [6.07, 6.45) is 0. The topological polar surface area (TPSA) is 9.23 Å². The largest absolute Gasteiger partial charge is 0.496 e. The van der Waals surface area contributed by atoms with Gasteiger partial charge in [0, 0.05) is 5.39 Å². The number of ether oxygens (including phenoxy) is 1. The van der Waals surface area contributed by atoms with Crippen molar-refractivity contribution in [1.82, 2.24) is 0 Å². The number of methoxy groups -OCH3 is 1. The molecule has 0 aromatic heterocycles. The summed E-state index contributed by atoms with van der Waals surface area (Å²) in [4.78, 5) is 0. The van der Waals surface area contributed by atoms with Crippen LogP contribution in [0.4, 0.5) is 0 Å². The Balaban J connectivity index is 2.64. The SMILES string of the molecule is COc1cccc2cc(C(C)(C)C)ccc12. The van der Waals surface area contributed by atoms with Crippen LogP contribution in [0.2, 0.25) is 0 Å². The zero-order chi connectivity index (χ0) is 11.8. The lowest BCUT2D eigenvalue weighted by atomic mass is 9.86. The lowest BCUT2D eigenvalue weighted by Gasteiger charge is -2.19. The summed E-state index contributed by atoms with van der Waals surface area (Å²) in [5.41, 5.74) is 1.55. The maximum absolute atomic E-state index is 5.35. The number of fused-ring (bicyclic) bond motifs is 1. The molecule has 0 aliphatic carbocycles. The molecule has 2 aromatic rings. The van der Waals surface area contributed by atoms with Crippen molar-refractivity contribution in [2.75, 3.05) is 7.11 Å². The summed E-state index contributed by atoms with van der Waals surface area (Å²) in [5.74, 6) is 0.943. The van der Waals surface area contributed by atoms with Gasteiger partial charge < -0.3 is 4.74 Å². The van der Waals surface area contributed by atoms with Gasteiger partial charge in [-0.2, -0.15) is 0 Å². The van der Waals surface area contributed by atoms with Gasteiger partial charge >= 0.3 is 0 Å². The van der Waals surface area contributed by atoms with Gasteiger partial charge in [-0.3, -0.25) is 0 Å². The first-order chi connectivity index (χ1) is 7.52. The Labute approximate surface area is 97.1 Å². The van der Waals surface area contributed by atoms with Crippen molar-refractivity contribution in [3.63, 3.8) is 0 Å². The van der Waals surface area contributed by atoms with E-state index in [1.54, 1.807) is 7.11 Å². The Morgan fingerprint density at radius 1 is 1.00 bits per heavy atom. The summed E-state index contributed by atoms with van der Waals surface area (Å²) >= 11 is 0. The van der Waals surface area contributed by atoms with E-state index in [0.29, 0.717) is 0 Å². The van der Waals surface area contributed by atoms with Crippen molar-refractivity contribution in [2.45, 2.75) is 26.2 Å². The average Bonchev–Trinajstić information content (AvgIpc) is 2.26. The van der Waals surface area contributed by atoms with Crippen LogP contribution >= 0.6 is 0 Å². The minimum atomic E-state index is 0.192. The number of benzene rings is 2.